The third-order valence-corrected chi connectivity index (χ3v) is 4.00. The Hall–Kier alpha value is -1.47. The molecular formula is C12H15FN2O3S. The summed E-state index contributed by atoms with van der Waals surface area (Å²) < 4.78 is 36.0. The van der Waals surface area contributed by atoms with Crippen LogP contribution in [0.1, 0.15) is 30.1 Å². The van der Waals surface area contributed by atoms with E-state index in [2.05, 4.69) is 0 Å². The molecule has 1 aliphatic carbocycles. The second-order valence-electron chi connectivity index (χ2n) is 4.51. The van der Waals surface area contributed by atoms with Crippen LogP contribution in [0, 0.1) is 5.82 Å². The fourth-order valence-corrected chi connectivity index (χ4v) is 2.48. The molecule has 0 unspecified atom stereocenters. The van der Waals surface area contributed by atoms with Crippen molar-refractivity contribution in [2.75, 3.05) is 6.54 Å². The molecule has 1 aromatic carbocycles. The van der Waals surface area contributed by atoms with Gasteiger partial charge >= 0.3 is 0 Å². The molecule has 0 atom stereocenters. The fourth-order valence-electron chi connectivity index (χ4n) is 1.95. The van der Waals surface area contributed by atoms with Crippen molar-refractivity contribution >= 4 is 15.9 Å². The van der Waals surface area contributed by atoms with Gasteiger partial charge in [0, 0.05) is 12.6 Å². The molecule has 7 heteroatoms. The molecule has 1 saturated carbocycles. The van der Waals surface area contributed by atoms with Crippen LogP contribution in [-0.2, 0) is 10.0 Å². The molecule has 1 fully saturated rings. The number of nitrogens with zero attached hydrogens (tertiary/aromatic N) is 1. The minimum absolute atomic E-state index is 0.124. The van der Waals surface area contributed by atoms with E-state index in [-0.39, 0.29) is 16.5 Å². The number of carbonyl (C=O) groups excluding carboxylic acids is 1. The molecule has 1 aromatic rings. The molecule has 0 radical (unpaired) electrons. The minimum atomic E-state index is -3.96. The first-order valence-corrected chi connectivity index (χ1v) is 7.52. The Morgan fingerprint density at radius 3 is 2.53 bits per heavy atom. The molecular weight excluding hydrogens is 271 g/mol. The molecule has 1 aliphatic rings. The van der Waals surface area contributed by atoms with Crippen LogP contribution >= 0.6 is 0 Å². The summed E-state index contributed by atoms with van der Waals surface area (Å²) in [6, 6.07) is 3.27. The number of sulfonamides is 1. The smallest absolute Gasteiger partial charge is 0.257 e. The number of carbonyl (C=O) groups is 1. The van der Waals surface area contributed by atoms with E-state index in [0.29, 0.717) is 6.54 Å². The number of halogens is 1. The predicted octanol–water partition coefficient (Wildman–Crippen LogP) is 1.10. The monoisotopic (exact) mass is 286 g/mol. The van der Waals surface area contributed by atoms with E-state index in [0.717, 1.165) is 25.0 Å². The highest BCUT2D eigenvalue weighted by Gasteiger charge is 2.33. The van der Waals surface area contributed by atoms with Crippen LogP contribution < -0.4 is 5.14 Å². The van der Waals surface area contributed by atoms with Gasteiger partial charge in [-0.2, -0.15) is 0 Å². The molecule has 0 heterocycles. The lowest BCUT2D eigenvalue weighted by atomic mass is 10.2. The summed E-state index contributed by atoms with van der Waals surface area (Å²) in [5.41, 5.74) is -0.124. The maximum Gasteiger partial charge on any atom is 0.257 e. The fraction of sp³-hybridized carbons (Fsp3) is 0.417. The van der Waals surface area contributed by atoms with E-state index in [4.69, 9.17) is 5.14 Å². The number of amides is 1. The standard InChI is InChI=1S/C12H15FN2O3S/c1-2-15(8-3-4-8)12(16)10-6-5-9(7-11(10)13)19(14,17)18/h5-8H,2-4H2,1H3,(H2,14,17,18). The summed E-state index contributed by atoms with van der Waals surface area (Å²) in [6.07, 6.45) is 1.85. The van der Waals surface area contributed by atoms with Crippen LogP contribution in [0.2, 0.25) is 0 Å². The average Bonchev–Trinajstić information content (AvgIpc) is 3.13. The van der Waals surface area contributed by atoms with Gasteiger partial charge in [-0.15, -0.1) is 0 Å². The molecule has 0 spiro atoms. The van der Waals surface area contributed by atoms with Crippen molar-refractivity contribution in [2.45, 2.75) is 30.7 Å². The van der Waals surface area contributed by atoms with Gasteiger partial charge in [0.1, 0.15) is 5.82 Å². The van der Waals surface area contributed by atoms with Crippen LogP contribution in [0.5, 0.6) is 0 Å². The molecule has 0 aliphatic heterocycles. The SMILES string of the molecule is CCN(C(=O)c1ccc(S(N)(=O)=O)cc1F)C1CC1. The van der Waals surface area contributed by atoms with Crippen molar-refractivity contribution in [3.63, 3.8) is 0 Å². The van der Waals surface area contributed by atoms with Gasteiger partial charge in [0.05, 0.1) is 10.5 Å². The van der Waals surface area contributed by atoms with Gasteiger partial charge in [-0.25, -0.2) is 17.9 Å². The maximum absolute atomic E-state index is 13.8. The van der Waals surface area contributed by atoms with E-state index in [1.54, 1.807) is 4.90 Å². The summed E-state index contributed by atoms with van der Waals surface area (Å²) in [5.74, 6) is -1.28. The number of hydrogen-bond acceptors (Lipinski definition) is 3. The lowest BCUT2D eigenvalue weighted by Crippen LogP contribution is -2.33. The first-order valence-electron chi connectivity index (χ1n) is 5.98. The van der Waals surface area contributed by atoms with Crippen molar-refractivity contribution < 1.29 is 17.6 Å². The Balaban J connectivity index is 2.33. The van der Waals surface area contributed by atoms with Crippen molar-refractivity contribution in [1.82, 2.24) is 4.90 Å². The van der Waals surface area contributed by atoms with Crippen LogP contribution in [0.4, 0.5) is 4.39 Å². The third kappa shape index (κ3) is 2.93. The largest absolute Gasteiger partial charge is 0.336 e. The summed E-state index contributed by atoms with van der Waals surface area (Å²) in [4.78, 5) is 13.4. The van der Waals surface area contributed by atoms with Crippen LogP contribution in [0.15, 0.2) is 23.1 Å². The number of rotatable bonds is 4. The predicted molar refractivity (Wildman–Crippen MR) is 67.5 cm³/mol. The number of hydrogen-bond donors (Lipinski definition) is 1. The van der Waals surface area contributed by atoms with E-state index in [1.165, 1.54) is 6.07 Å². The molecule has 2 rings (SSSR count). The lowest BCUT2D eigenvalue weighted by molar-refractivity contribution is 0.0747. The zero-order chi connectivity index (χ0) is 14.2. The number of nitrogens with two attached hydrogens (primary N) is 1. The van der Waals surface area contributed by atoms with E-state index >= 15 is 0 Å². The molecule has 0 saturated heterocycles. The van der Waals surface area contributed by atoms with Gasteiger partial charge in [0.2, 0.25) is 10.0 Å². The molecule has 5 nitrogen and oxygen atoms in total. The Morgan fingerprint density at radius 1 is 1.47 bits per heavy atom. The van der Waals surface area contributed by atoms with E-state index < -0.39 is 21.7 Å². The van der Waals surface area contributed by atoms with Gasteiger partial charge in [-0.1, -0.05) is 0 Å². The summed E-state index contributed by atoms with van der Waals surface area (Å²) in [6.45, 7) is 2.33. The second-order valence-corrected chi connectivity index (χ2v) is 6.07. The van der Waals surface area contributed by atoms with E-state index in [9.17, 15) is 17.6 Å². The molecule has 2 N–H and O–H groups in total. The van der Waals surface area contributed by atoms with Gasteiger partial charge in [0.15, 0.2) is 0 Å². The van der Waals surface area contributed by atoms with Crippen molar-refractivity contribution in [3.05, 3.63) is 29.6 Å². The lowest BCUT2D eigenvalue weighted by Gasteiger charge is -2.20. The molecule has 0 bridgehead atoms. The van der Waals surface area contributed by atoms with E-state index in [1.807, 2.05) is 6.92 Å². The normalized spacial score (nSPS) is 15.3. The maximum atomic E-state index is 13.8. The summed E-state index contributed by atoms with van der Waals surface area (Å²) in [7, 11) is -3.96. The molecule has 1 amide bonds. The van der Waals surface area contributed by atoms with Crippen LogP contribution in [0.3, 0.4) is 0 Å². The van der Waals surface area contributed by atoms with Crippen LogP contribution in [0.25, 0.3) is 0 Å². The topological polar surface area (TPSA) is 80.5 Å². The molecule has 104 valence electrons. The Morgan fingerprint density at radius 2 is 2.11 bits per heavy atom. The zero-order valence-corrected chi connectivity index (χ0v) is 11.3. The van der Waals surface area contributed by atoms with Gasteiger partial charge in [0.25, 0.3) is 5.91 Å². The highest BCUT2D eigenvalue weighted by Crippen LogP contribution is 2.28. The number of benzene rings is 1. The quantitative estimate of drug-likeness (QED) is 0.900. The highest BCUT2D eigenvalue weighted by atomic mass is 32.2. The minimum Gasteiger partial charge on any atom is -0.336 e. The second kappa shape index (κ2) is 4.90. The molecule has 19 heavy (non-hydrogen) atoms. The van der Waals surface area contributed by atoms with Crippen molar-refractivity contribution in [3.8, 4) is 0 Å². The zero-order valence-electron chi connectivity index (χ0n) is 10.5. The highest BCUT2D eigenvalue weighted by molar-refractivity contribution is 7.89. The first-order chi connectivity index (χ1) is 8.84. The summed E-state index contributed by atoms with van der Waals surface area (Å²) in [5, 5.41) is 4.91. The summed E-state index contributed by atoms with van der Waals surface area (Å²) >= 11 is 0. The first kappa shape index (κ1) is 14.0. The third-order valence-electron chi connectivity index (χ3n) is 3.09. The Labute approximate surface area is 111 Å². The Bertz CT molecular complexity index is 611. The van der Waals surface area contributed by atoms with Crippen molar-refractivity contribution in [1.29, 1.82) is 0 Å². The van der Waals surface area contributed by atoms with Crippen LogP contribution in [-0.4, -0.2) is 31.8 Å². The number of primary sulfonamides is 1. The average molecular weight is 286 g/mol. The van der Waals surface area contributed by atoms with Gasteiger partial charge in [-0.05, 0) is 38.0 Å². The van der Waals surface area contributed by atoms with Crippen molar-refractivity contribution in [2.24, 2.45) is 5.14 Å². The van der Waals surface area contributed by atoms with Gasteiger partial charge < -0.3 is 4.90 Å². The Kier molecular flexibility index (Phi) is 3.60. The molecule has 0 aromatic heterocycles. The van der Waals surface area contributed by atoms with Gasteiger partial charge in [-0.3, -0.25) is 4.79 Å².